The van der Waals surface area contributed by atoms with Gasteiger partial charge in [-0.2, -0.15) is 0 Å². The third kappa shape index (κ3) is 1.85. The summed E-state index contributed by atoms with van der Waals surface area (Å²) in [4.78, 5) is 14.1. The number of benzene rings is 1. The van der Waals surface area contributed by atoms with Gasteiger partial charge in [-0.3, -0.25) is 10.1 Å². The Kier molecular flexibility index (Phi) is 3.30. The quantitative estimate of drug-likeness (QED) is 0.908. The molecule has 0 bridgehead atoms. The standard InChI is InChI=1S/C15H20N2O3/c1-19-12-5-4-11(10-13(12)20-2)15-7-6-14(18)17(15)9-3-8-16-15/h4-5,10,16H,3,6-9H2,1-2H3. The lowest BCUT2D eigenvalue weighted by Gasteiger charge is -2.43. The van der Waals surface area contributed by atoms with Crippen LogP contribution in [0.15, 0.2) is 18.2 Å². The normalized spacial score (nSPS) is 25.5. The molecule has 108 valence electrons. The molecular weight excluding hydrogens is 256 g/mol. The van der Waals surface area contributed by atoms with Gasteiger partial charge < -0.3 is 14.4 Å². The number of hydrogen-bond acceptors (Lipinski definition) is 4. The maximum absolute atomic E-state index is 12.1. The number of hydrogen-bond donors (Lipinski definition) is 1. The molecule has 5 heteroatoms. The first kappa shape index (κ1) is 13.2. The molecule has 1 unspecified atom stereocenters. The molecule has 1 atom stereocenters. The van der Waals surface area contributed by atoms with Crippen molar-refractivity contribution in [2.45, 2.75) is 24.9 Å². The van der Waals surface area contributed by atoms with E-state index in [1.165, 1.54) is 0 Å². The molecule has 1 N–H and O–H groups in total. The Morgan fingerprint density at radius 2 is 2.05 bits per heavy atom. The molecule has 3 rings (SSSR count). The van der Waals surface area contributed by atoms with Crippen molar-refractivity contribution in [1.29, 1.82) is 0 Å². The number of amides is 1. The van der Waals surface area contributed by atoms with Crippen molar-refractivity contribution in [3.8, 4) is 11.5 Å². The van der Waals surface area contributed by atoms with Gasteiger partial charge in [0.1, 0.15) is 5.66 Å². The second-order valence-electron chi connectivity index (χ2n) is 5.26. The van der Waals surface area contributed by atoms with E-state index in [1.54, 1.807) is 14.2 Å². The molecule has 0 saturated carbocycles. The number of ether oxygens (including phenoxy) is 2. The molecule has 1 aromatic carbocycles. The third-order valence-corrected chi connectivity index (χ3v) is 4.30. The predicted octanol–water partition coefficient (Wildman–Crippen LogP) is 1.47. The molecular formula is C15H20N2O3. The second kappa shape index (κ2) is 4.98. The Bertz CT molecular complexity index is 532. The Morgan fingerprint density at radius 3 is 2.80 bits per heavy atom. The summed E-state index contributed by atoms with van der Waals surface area (Å²) in [6.45, 7) is 1.75. The fourth-order valence-corrected chi connectivity index (χ4v) is 3.30. The van der Waals surface area contributed by atoms with E-state index in [9.17, 15) is 4.79 Å². The molecule has 1 amide bonds. The van der Waals surface area contributed by atoms with Gasteiger partial charge in [0.05, 0.1) is 14.2 Å². The summed E-state index contributed by atoms with van der Waals surface area (Å²) in [5, 5.41) is 3.54. The molecule has 5 nitrogen and oxygen atoms in total. The fraction of sp³-hybridized carbons (Fsp3) is 0.533. The van der Waals surface area contributed by atoms with E-state index in [4.69, 9.17) is 9.47 Å². The molecule has 2 fully saturated rings. The maximum atomic E-state index is 12.1. The van der Waals surface area contributed by atoms with Crippen LogP contribution in [0.1, 0.15) is 24.8 Å². The number of rotatable bonds is 3. The first-order valence-corrected chi connectivity index (χ1v) is 6.99. The van der Waals surface area contributed by atoms with Crippen LogP contribution >= 0.6 is 0 Å². The zero-order valence-electron chi connectivity index (χ0n) is 11.9. The van der Waals surface area contributed by atoms with Crippen molar-refractivity contribution in [1.82, 2.24) is 10.2 Å². The molecule has 2 saturated heterocycles. The lowest BCUT2D eigenvalue weighted by Crippen LogP contribution is -2.58. The highest BCUT2D eigenvalue weighted by atomic mass is 16.5. The summed E-state index contributed by atoms with van der Waals surface area (Å²) in [5.41, 5.74) is 0.704. The highest BCUT2D eigenvalue weighted by Gasteiger charge is 2.47. The monoisotopic (exact) mass is 276 g/mol. The van der Waals surface area contributed by atoms with Crippen LogP contribution in [-0.2, 0) is 10.5 Å². The zero-order chi connectivity index (χ0) is 14.2. The molecule has 2 aliphatic rings. The van der Waals surface area contributed by atoms with Crippen LogP contribution in [0.3, 0.4) is 0 Å². The van der Waals surface area contributed by atoms with E-state index in [0.717, 1.165) is 31.5 Å². The predicted molar refractivity (Wildman–Crippen MR) is 74.8 cm³/mol. The average Bonchev–Trinajstić information content (AvgIpc) is 2.85. The highest BCUT2D eigenvalue weighted by Crippen LogP contribution is 2.41. The van der Waals surface area contributed by atoms with Crippen molar-refractivity contribution < 1.29 is 14.3 Å². The molecule has 2 aliphatic heterocycles. The highest BCUT2D eigenvalue weighted by molar-refractivity contribution is 5.80. The lowest BCUT2D eigenvalue weighted by atomic mass is 9.94. The van der Waals surface area contributed by atoms with E-state index in [0.29, 0.717) is 17.9 Å². The first-order valence-electron chi connectivity index (χ1n) is 6.99. The molecule has 0 aliphatic carbocycles. The molecule has 2 heterocycles. The van der Waals surface area contributed by atoms with Crippen molar-refractivity contribution in [3.05, 3.63) is 23.8 Å². The summed E-state index contributed by atoms with van der Waals surface area (Å²) >= 11 is 0. The summed E-state index contributed by atoms with van der Waals surface area (Å²) < 4.78 is 10.7. The minimum Gasteiger partial charge on any atom is -0.493 e. The van der Waals surface area contributed by atoms with E-state index >= 15 is 0 Å². The fourth-order valence-electron chi connectivity index (χ4n) is 3.30. The van der Waals surface area contributed by atoms with Gasteiger partial charge in [-0.05, 0) is 37.1 Å². The van der Waals surface area contributed by atoms with E-state index < -0.39 is 0 Å². The van der Waals surface area contributed by atoms with Crippen molar-refractivity contribution in [2.75, 3.05) is 27.3 Å². The Morgan fingerprint density at radius 1 is 1.25 bits per heavy atom. The zero-order valence-corrected chi connectivity index (χ0v) is 11.9. The van der Waals surface area contributed by atoms with Crippen molar-refractivity contribution in [2.24, 2.45) is 0 Å². The minimum absolute atomic E-state index is 0.229. The van der Waals surface area contributed by atoms with Crippen molar-refractivity contribution in [3.63, 3.8) is 0 Å². The molecule has 20 heavy (non-hydrogen) atoms. The summed E-state index contributed by atoms with van der Waals surface area (Å²) in [7, 11) is 3.26. The first-order chi connectivity index (χ1) is 9.71. The van der Waals surface area contributed by atoms with Gasteiger partial charge >= 0.3 is 0 Å². The molecule has 0 aromatic heterocycles. The smallest absolute Gasteiger partial charge is 0.224 e. The van der Waals surface area contributed by atoms with E-state index in [-0.39, 0.29) is 11.6 Å². The Labute approximate surface area is 118 Å². The second-order valence-corrected chi connectivity index (χ2v) is 5.26. The SMILES string of the molecule is COc1ccc(C23CCC(=O)N2CCCN3)cc1OC. The average molecular weight is 276 g/mol. The van der Waals surface area contributed by atoms with Gasteiger partial charge in [-0.25, -0.2) is 0 Å². The summed E-state index contributed by atoms with van der Waals surface area (Å²) in [5.74, 6) is 1.64. The van der Waals surface area contributed by atoms with Crippen molar-refractivity contribution >= 4 is 5.91 Å². The summed E-state index contributed by atoms with van der Waals surface area (Å²) in [6.07, 6.45) is 2.41. The van der Waals surface area contributed by atoms with Gasteiger partial charge in [-0.15, -0.1) is 0 Å². The van der Waals surface area contributed by atoms with Crippen LogP contribution in [0.5, 0.6) is 11.5 Å². The van der Waals surface area contributed by atoms with Crippen LogP contribution < -0.4 is 14.8 Å². The van der Waals surface area contributed by atoms with Crippen LogP contribution in [0.25, 0.3) is 0 Å². The summed E-state index contributed by atoms with van der Waals surface area (Å²) in [6, 6.07) is 5.90. The van der Waals surface area contributed by atoms with Gasteiger partial charge in [-0.1, -0.05) is 6.07 Å². The minimum atomic E-state index is -0.366. The van der Waals surface area contributed by atoms with Crippen LogP contribution in [0.4, 0.5) is 0 Å². The van der Waals surface area contributed by atoms with Gasteiger partial charge in [0.25, 0.3) is 0 Å². The number of fused-ring (bicyclic) bond motifs is 1. The van der Waals surface area contributed by atoms with Gasteiger partial charge in [0, 0.05) is 13.0 Å². The number of carbonyl (C=O) groups is 1. The Balaban J connectivity index is 2.04. The maximum Gasteiger partial charge on any atom is 0.224 e. The third-order valence-electron chi connectivity index (χ3n) is 4.30. The lowest BCUT2D eigenvalue weighted by molar-refractivity contribution is -0.133. The molecule has 0 spiro atoms. The number of nitrogens with one attached hydrogen (secondary N) is 1. The topological polar surface area (TPSA) is 50.8 Å². The van der Waals surface area contributed by atoms with E-state index in [2.05, 4.69) is 5.32 Å². The molecule has 0 radical (unpaired) electrons. The Hall–Kier alpha value is -1.75. The number of nitrogens with zero attached hydrogens (tertiary/aromatic N) is 1. The molecule has 1 aromatic rings. The number of carbonyl (C=O) groups excluding carboxylic acids is 1. The number of methoxy groups -OCH3 is 2. The van der Waals surface area contributed by atoms with E-state index in [1.807, 2.05) is 23.1 Å². The van der Waals surface area contributed by atoms with Crippen LogP contribution in [-0.4, -0.2) is 38.1 Å². The largest absolute Gasteiger partial charge is 0.493 e. The van der Waals surface area contributed by atoms with Crippen LogP contribution in [0, 0.1) is 0 Å². The van der Waals surface area contributed by atoms with Crippen LogP contribution in [0.2, 0.25) is 0 Å². The van der Waals surface area contributed by atoms with Gasteiger partial charge in [0.2, 0.25) is 5.91 Å². The van der Waals surface area contributed by atoms with Gasteiger partial charge in [0.15, 0.2) is 11.5 Å².